The molecule has 0 fully saturated rings. The van der Waals surface area contributed by atoms with E-state index in [0.717, 1.165) is 16.9 Å². The number of nitroso groups, excluding NO2 is 1. The van der Waals surface area contributed by atoms with Crippen LogP contribution in [0.3, 0.4) is 0 Å². The van der Waals surface area contributed by atoms with Gasteiger partial charge in [0.1, 0.15) is 4.88 Å². The highest BCUT2D eigenvalue weighted by atomic mass is 32.1. The molecule has 0 aliphatic carbocycles. The Labute approximate surface area is 165 Å². The van der Waals surface area contributed by atoms with Crippen molar-refractivity contribution in [1.82, 2.24) is 0 Å². The minimum absolute atomic E-state index is 0. The lowest BCUT2D eigenvalue weighted by Crippen LogP contribution is -2.55. The highest BCUT2D eigenvalue weighted by Crippen LogP contribution is 2.37. The normalized spacial score (nSPS) is 10.1. The number of hydrogen-bond acceptors (Lipinski definition) is 5. The molecule has 3 aromatic rings. The molecule has 0 atom stereocenters. The van der Waals surface area contributed by atoms with Crippen molar-refractivity contribution in [2.75, 3.05) is 11.9 Å². The Morgan fingerprint density at radius 1 is 1.07 bits per heavy atom. The molecular formula is C20H18N2O5S. The number of carbonyl (C=O) groups is 2. The van der Waals surface area contributed by atoms with Gasteiger partial charge in [0.05, 0.1) is 5.69 Å². The number of anilines is 1. The molecule has 0 bridgehead atoms. The van der Waals surface area contributed by atoms with Crippen molar-refractivity contribution in [3.05, 3.63) is 75.5 Å². The molecule has 2 aromatic carbocycles. The summed E-state index contributed by atoms with van der Waals surface area (Å²) in [6.45, 7) is 1.93. The molecule has 8 heteroatoms. The van der Waals surface area contributed by atoms with Crippen LogP contribution in [-0.4, -0.2) is 29.5 Å². The number of rotatable bonds is 5. The second kappa shape index (κ2) is 8.55. The van der Waals surface area contributed by atoms with Crippen molar-refractivity contribution in [2.24, 2.45) is 0 Å². The van der Waals surface area contributed by atoms with Crippen LogP contribution >= 0.6 is 11.3 Å². The summed E-state index contributed by atoms with van der Waals surface area (Å²) in [5.41, 5.74) is 2.90. The van der Waals surface area contributed by atoms with E-state index in [1.807, 2.05) is 24.2 Å². The first-order valence-electron chi connectivity index (χ1n) is 8.11. The lowest BCUT2D eigenvalue weighted by molar-refractivity contribution is -0.379. The first kappa shape index (κ1) is 20.9. The van der Waals surface area contributed by atoms with E-state index < -0.39 is 5.97 Å². The van der Waals surface area contributed by atoms with Crippen LogP contribution < -0.4 is 10.1 Å². The number of benzene rings is 2. The molecule has 0 aliphatic rings. The van der Waals surface area contributed by atoms with Crippen molar-refractivity contribution in [2.45, 2.75) is 6.92 Å². The number of carboxylic acid groups (broad SMARTS) is 1. The summed E-state index contributed by atoms with van der Waals surface area (Å²) in [5.74, 6) is -1.40. The molecule has 7 nitrogen and oxygen atoms in total. The van der Waals surface area contributed by atoms with Crippen molar-refractivity contribution in [3.63, 3.8) is 0 Å². The Morgan fingerprint density at radius 3 is 2.36 bits per heavy atom. The molecule has 0 radical (unpaired) electrons. The number of carboxylic acids is 1. The minimum Gasteiger partial charge on any atom is -0.870 e. The lowest BCUT2D eigenvalue weighted by Gasteiger charge is -2.17. The maximum atomic E-state index is 12.8. The third-order valence-electron chi connectivity index (χ3n) is 4.14. The van der Waals surface area contributed by atoms with E-state index in [9.17, 15) is 19.6 Å². The van der Waals surface area contributed by atoms with Crippen molar-refractivity contribution < 1.29 is 25.3 Å². The van der Waals surface area contributed by atoms with Crippen LogP contribution in [0.4, 0.5) is 11.4 Å². The average Bonchev–Trinajstić information content (AvgIpc) is 3.13. The standard InChI is InChI=1S/C20H16N2O4S.H2O/c1-12-6-8-13(9-7-12)19(23)22(2)16-11-17(27-18(16)20(24)25)14-4-3-5-15(10-14)21-26;/h3-11H,1-2H3,(H,24,25);1H2. The van der Waals surface area contributed by atoms with E-state index in [1.54, 1.807) is 49.5 Å². The molecule has 1 aromatic heterocycles. The van der Waals surface area contributed by atoms with Gasteiger partial charge in [0.2, 0.25) is 0 Å². The molecule has 0 saturated carbocycles. The summed E-state index contributed by atoms with van der Waals surface area (Å²) in [5, 5.41) is 11.4. The fourth-order valence-corrected chi connectivity index (χ4v) is 3.68. The Kier molecular flexibility index (Phi) is 6.40. The van der Waals surface area contributed by atoms with E-state index in [1.165, 1.54) is 4.90 Å². The molecule has 0 aliphatic heterocycles. The molecule has 3 N–H and O–H groups in total. The summed E-state index contributed by atoms with van der Waals surface area (Å²) in [7, 11) is 1.55. The van der Waals surface area contributed by atoms with Gasteiger partial charge in [-0.1, -0.05) is 29.8 Å². The number of aryl methyl sites for hydroxylation is 1. The maximum Gasteiger partial charge on any atom is 0.348 e. The molecule has 1 heterocycles. The van der Waals surface area contributed by atoms with Crippen LogP contribution in [0.1, 0.15) is 25.6 Å². The van der Waals surface area contributed by atoms with Gasteiger partial charge in [-0.25, -0.2) is 4.79 Å². The second-order valence-corrected chi connectivity index (χ2v) is 7.10. The smallest absolute Gasteiger partial charge is 0.348 e. The molecule has 144 valence electrons. The zero-order valence-electron chi connectivity index (χ0n) is 15.2. The summed E-state index contributed by atoms with van der Waals surface area (Å²) in [4.78, 5) is 37.4. The van der Waals surface area contributed by atoms with Gasteiger partial charge in [-0.2, -0.15) is 0 Å². The van der Waals surface area contributed by atoms with Crippen LogP contribution in [0, 0.1) is 11.8 Å². The molecule has 28 heavy (non-hydrogen) atoms. The SMILES string of the molecule is Cc1ccc(C(=O)N(C)c2cc(-c3cccc([NH+]=O)c3)sc2C(=O)O)cc1.[OH-]. The quantitative estimate of drug-likeness (QED) is 0.685. The Balaban J connectivity index is 0.00000280. The first-order chi connectivity index (χ1) is 12.9. The van der Waals surface area contributed by atoms with Gasteiger partial charge in [-0.3, -0.25) is 4.79 Å². The summed E-state index contributed by atoms with van der Waals surface area (Å²) >= 11 is 1.06. The van der Waals surface area contributed by atoms with Gasteiger partial charge in [-0.05, 0) is 30.7 Å². The fourth-order valence-electron chi connectivity index (χ4n) is 2.66. The summed E-state index contributed by atoms with van der Waals surface area (Å²) in [6, 6.07) is 15.5. The van der Waals surface area contributed by atoms with E-state index in [4.69, 9.17) is 0 Å². The number of nitrogens with zero attached hydrogens (tertiary/aromatic N) is 1. The zero-order chi connectivity index (χ0) is 19.6. The Hall–Kier alpha value is -3.36. The van der Waals surface area contributed by atoms with E-state index in [-0.39, 0.29) is 16.3 Å². The Morgan fingerprint density at radius 2 is 1.75 bits per heavy atom. The molecule has 0 unspecified atom stereocenters. The largest absolute Gasteiger partial charge is 0.870 e. The third kappa shape index (κ3) is 4.13. The number of amides is 1. The fraction of sp³-hybridized carbons (Fsp3) is 0.100. The molecular weight excluding hydrogens is 380 g/mol. The monoisotopic (exact) mass is 398 g/mol. The third-order valence-corrected chi connectivity index (χ3v) is 5.30. The number of carbonyl (C=O) groups excluding carboxylic acids is 1. The molecule has 0 saturated heterocycles. The van der Waals surface area contributed by atoms with Gasteiger partial charge in [0.15, 0.2) is 0 Å². The van der Waals surface area contributed by atoms with Crippen molar-refractivity contribution in [3.8, 4) is 10.4 Å². The average molecular weight is 398 g/mol. The molecule has 1 amide bonds. The number of hydrogen-bond donors (Lipinski definition) is 2. The minimum atomic E-state index is -1.11. The van der Waals surface area contributed by atoms with Gasteiger partial charge < -0.3 is 15.5 Å². The van der Waals surface area contributed by atoms with Gasteiger partial charge in [0.25, 0.3) is 11.6 Å². The molecule has 0 spiro atoms. The lowest BCUT2D eigenvalue weighted by atomic mass is 10.1. The van der Waals surface area contributed by atoms with Crippen molar-refractivity contribution in [1.29, 1.82) is 0 Å². The topological polar surface area (TPSA) is 119 Å². The molecule has 3 rings (SSSR count). The first-order valence-corrected chi connectivity index (χ1v) is 8.93. The van der Waals surface area contributed by atoms with E-state index >= 15 is 0 Å². The van der Waals surface area contributed by atoms with Gasteiger partial charge in [-0.15, -0.1) is 11.3 Å². The number of nitrogens with one attached hydrogen (secondary N) is 1. The van der Waals surface area contributed by atoms with Crippen molar-refractivity contribution >= 4 is 34.6 Å². The van der Waals surface area contributed by atoms with Crippen LogP contribution in [0.15, 0.2) is 54.6 Å². The number of aromatic carboxylic acids is 1. The summed E-state index contributed by atoms with van der Waals surface area (Å²) < 4.78 is 0. The van der Waals surface area contributed by atoms with Gasteiger partial charge in [0, 0.05) is 39.7 Å². The van der Waals surface area contributed by atoms with Crippen LogP contribution in [0.5, 0.6) is 0 Å². The van der Waals surface area contributed by atoms with E-state index in [2.05, 4.69) is 0 Å². The second-order valence-electron chi connectivity index (χ2n) is 6.04. The maximum absolute atomic E-state index is 12.8. The highest BCUT2D eigenvalue weighted by molar-refractivity contribution is 7.18. The predicted octanol–water partition coefficient (Wildman–Crippen LogP) is 3.00. The van der Waals surface area contributed by atoms with Gasteiger partial charge >= 0.3 is 5.97 Å². The van der Waals surface area contributed by atoms with Crippen LogP contribution in [0.2, 0.25) is 0 Å². The van der Waals surface area contributed by atoms with E-state index in [0.29, 0.717) is 27.4 Å². The highest BCUT2D eigenvalue weighted by Gasteiger charge is 2.23. The van der Waals surface area contributed by atoms with Crippen LogP contribution in [-0.2, 0) is 0 Å². The predicted molar refractivity (Wildman–Crippen MR) is 107 cm³/mol. The number of thiophene rings is 1. The Bertz CT molecular complexity index is 1030. The zero-order valence-corrected chi connectivity index (χ0v) is 16.0. The summed E-state index contributed by atoms with van der Waals surface area (Å²) in [6.07, 6.45) is 0. The van der Waals surface area contributed by atoms with Crippen LogP contribution in [0.25, 0.3) is 10.4 Å².